The van der Waals surface area contributed by atoms with Crippen LogP contribution in [0.15, 0.2) is 24.1 Å². The fourth-order valence-electron chi connectivity index (χ4n) is 1.53. The molecule has 0 aliphatic rings. The Kier molecular flexibility index (Phi) is 4.52. The minimum absolute atomic E-state index is 0.657. The molecule has 0 aliphatic carbocycles. The molecule has 3 N–H and O–H groups in total. The van der Waals surface area contributed by atoms with Crippen LogP contribution in [0.25, 0.3) is 0 Å². The number of aryl methyl sites for hydroxylation is 1. The first-order chi connectivity index (χ1) is 8.38. The Hall–Kier alpha value is -1.40. The number of nitrogens with one attached hydrogen (secondary N) is 1. The van der Waals surface area contributed by atoms with E-state index in [1.807, 2.05) is 12.5 Å². The Labute approximate surface area is 105 Å². The van der Waals surface area contributed by atoms with Crippen molar-refractivity contribution in [3.05, 3.63) is 29.8 Å². The number of aromatic nitrogens is 3. The smallest absolute Gasteiger partial charge is 0.182 e. The van der Waals surface area contributed by atoms with Crippen molar-refractivity contribution in [2.45, 2.75) is 19.4 Å². The summed E-state index contributed by atoms with van der Waals surface area (Å²) in [5, 5.41) is 6.36. The van der Waals surface area contributed by atoms with E-state index < -0.39 is 0 Å². The predicted octanol–water partition coefficient (Wildman–Crippen LogP) is 1.34. The zero-order valence-electron chi connectivity index (χ0n) is 9.67. The molecule has 0 aromatic carbocycles. The Bertz CT molecular complexity index is 423. The molecule has 6 heteroatoms. The van der Waals surface area contributed by atoms with E-state index in [9.17, 15) is 0 Å². The summed E-state index contributed by atoms with van der Waals surface area (Å²) in [4.78, 5) is 8.45. The normalized spacial score (nSPS) is 10.6. The third kappa shape index (κ3) is 3.83. The van der Waals surface area contributed by atoms with Crippen LogP contribution in [0.5, 0.6) is 0 Å². The fraction of sp³-hybridized carbons (Fsp3) is 0.455. The van der Waals surface area contributed by atoms with Crippen LogP contribution < -0.4 is 11.1 Å². The van der Waals surface area contributed by atoms with E-state index in [2.05, 4.69) is 25.2 Å². The van der Waals surface area contributed by atoms with Crippen LogP contribution >= 0.6 is 11.3 Å². The molecule has 0 fully saturated rings. The second-order valence-electron chi connectivity index (χ2n) is 3.76. The lowest BCUT2D eigenvalue weighted by molar-refractivity contribution is 0.660. The summed E-state index contributed by atoms with van der Waals surface area (Å²) in [6.45, 7) is 2.56. The average molecular weight is 251 g/mol. The predicted molar refractivity (Wildman–Crippen MR) is 70.2 cm³/mol. The molecule has 2 aromatic heterocycles. The van der Waals surface area contributed by atoms with Crippen LogP contribution in [0, 0.1) is 0 Å². The molecule has 0 aliphatic heterocycles. The van der Waals surface area contributed by atoms with Crippen molar-refractivity contribution in [3.8, 4) is 0 Å². The van der Waals surface area contributed by atoms with Crippen LogP contribution in [0.1, 0.15) is 12.1 Å². The molecule has 0 amide bonds. The number of anilines is 1. The summed E-state index contributed by atoms with van der Waals surface area (Å²) in [5.41, 5.74) is 6.56. The standard InChI is InChI=1S/C11H17N5S/c12-3-2-10-8-17-11(15-10)14-4-1-6-16-7-5-13-9-16/h5,7-9H,1-4,6,12H2,(H,14,15). The topological polar surface area (TPSA) is 68.8 Å². The minimum atomic E-state index is 0.657. The van der Waals surface area contributed by atoms with Gasteiger partial charge in [0.25, 0.3) is 0 Å². The van der Waals surface area contributed by atoms with Crippen molar-refractivity contribution in [3.63, 3.8) is 0 Å². The van der Waals surface area contributed by atoms with Gasteiger partial charge < -0.3 is 15.6 Å². The van der Waals surface area contributed by atoms with E-state index in [4.69, 9.17) is 5.73 Å². The molecule has 2 aromatic rings. The Morgan fingerprint density at radius 3 is 3.18 bits per heavy atom. The van der Waals surface area contributed by atoms with E-state index in [1.165, 1.54) is 0 Å². The Morgan fingerprint density at radius 1 is 1.47 bits per heavy atom. The summed E-state index contributed by atoms with van der Waals surface area (Å²) in [7, 11) is 0. The highest BCUT2D eigenvalue weighted by atomic mass is 32.1. The molecular weight excluding hydrogens is 234 g/mol. The van der Waals surface area contributed by atoms with Crippen LogP contribution in [-0.2, 0) is 13.0 Å². The van der Waals surface area contributed by atoms with Gasteiger partial charge in [0.2, 0.25) is 0 Å². The maximum absolute atomic E-state index is 5.48. The van der Waals surface area contributed by atoms with Crippen molar-refractivity contribution < 1.29 is 0 Å². The van der Waals surface area contributed by atoms with Crippen LogP contribution in [0.3, 0.4) is 0 Å². The van der Waals surface area contributed by atoms with Gasteiger partial charge in [-0.2, -0.15) is 0 Å². The van der Waals surface area contributed by atoms with Gasteiger partial charge in [0.1, 0.15) is 0 Å². The van der Waals surface area contributed by atoms with Gasteiger partial charge in [-0.05, 0) is 13.0 Å². The maximum atomic E-state index is 5.48. The van der Waals surface area contributed by atoms with Crippen molar-refractivity contribution in [1.29, 1.82) is 0 Å². The molecule has 92 valence electrons. The number of nitrogens with two attached hydrogens (primary N) is 1. The van der Waals surface area contributed by atoms with Crippen molar-refractivity contribution >= 4 is 16.5 Å². The zero-order valence-corrected chi connectivity index (χ0v) is 10.5. The first-order valence-electron chi connectivity index (χ1n) is 5.72. The largest absolute Gasteiger partial charge is 0.361 e. The number of imidazole rings is 1. The number of hydrogen-bond donors (Lipinski definition) is 2. The number of nitrogens with zero attached hydrogens (tertiary/aromatic N) is 3. The van der Waals surface area contributed by atoms with Gasteiger partial charge in [-0.15, -0.1) is 11.3 Å². The van der Waals surface area contributed by atoms with E-state index in [0.29, 0.717) is 6.54 Å². The van der Waals surface area contributed by atoms with Gasteiger partial charge >= 0.3 is 0 Å². The van der Waals surface area contributed by atoms with Crippen LogP contribution in [0.2, 0.25) is 0 Å². The van der Waals surface area contributed by atoms with Crippen molar-refractivity contribution in [1.82, 2.24) is 14.5 Å². The third-order valence-electron chi connectivity index (χ3n) is 2.38. The molecule has 17 heavy (non-hydrogen) atoms. The van der Waals surface area contributed by atoms with Gasteiger partial charge in [-0.3, -0.25) is 0 Å². The minimum Gasteiger partial charge on any atom is -0.361 e. The number of thiazole rings is 1. The van der Waals surface area contributed by atoms with Gasteiger partial charge in [0.05, 0.1) is 12.0 Å². The molecule has 0 unspecified atom stereocenters. The third-order valence-corrected chi connectivity index (χ3v) is 3.23. The first kappa shape index (κ1) is 12.1. The molecular formula is C11H17N5S. The van der Waals surface area contributed by atoms with E-state index in [0.717, 1.165) is 36.8 Å². The van der Waals surface area contributed by atoms with E-state index in [-0.39, 0.29) is 0 Å². The van der Waals surface area contributed by atoms with E-state index in [1.54, 1.807) is 17.5 Å². The van der Waals surface area contributed by atoms with Crippen molar-refractivity contribution in [2.75, 3.05) is 18.4 Å². The van der Waals surface area contributed by atoms with Gasteiger partial charge in [-0.1, -0.05) is 0 Å². The van der Waals surface area contributed by atoms with Gasteiger partial charge in [0.15, 0.2) is 5.13 Å². The molecule has 0 saturated heterocycles. The quantitative estimate of drug-likeness (QED) is 0.729. The summed E-state index contributed by atoms with van der Waals surface area (Å²) in [6.07, 6.45) is 7.52. The van der Waals surface area contributed by atoms with Gasteiger partial charge in [0, 0.05) is 37.3 Å². The fourth-order valence-corrected chi connectivity index (χ4v) is 2.30. The number of hydrogen-bond acceptors (Lipinski definition) is 5. The van der Waals surface area contributed by atoms with Crippen molar-refractivity contribution in [2.24, 2.45) is 5.73 Å². The molecule has 5 nitrogen and oxygen atoms in total. The SMILES string of the molecule is NCCc1csc(NCCCn2ccnc2)n1. The molecule has 0 atom stereocenters. The highest BCUT2D eigenvalue weighted by molar-refractivity contribution is 7.13. The van der Waals surface area contributed by atoms with Gasteiger partial charge in [-0.25, -0.2) is 9.97 Å². The zero-order chi connectivity index (χ0) is 11.9. The Balaban J connectivity index is 1.67. The summed E-state index contributed by atoms with van der Waals surface area (Å²) >= 11 is 1.64. The molecule has 0 spiro atoms. The maximum Gasteiger partial charge on any atom is 0.182 e. The molecule has 2 heterocycles. The highest BCUT2D eigenvalue weighted by Gasteiger charge is 2.00. The lowest BCUT2D eigenvalue weighted by atomic mass is 10.3. The number of rotatable bonds is 7. The molecule has 0 radical (unpaired) electrons. The average Bonchev–Trinajstić information content (AvgIpc) is 2.96. The first-order valence-corrected chi connectivity index (χ1v) is 6.60. The Morgan fingerprint density at radius 2 is 2.41 bits per heavy atom. The lowest BCUT2D eigenvalue weighted by Gasteiger charge is -2.03. The molecule has 0 bridgehead atoms. The highest BCUT2D eigenvalue weighted by Crippen LogP contribution is 2.15. The van der Waals surface area contributed by atoms with Crippen LogP contribution in [-0.4, -0.2) is 27.6 Å². The monoisotopic (exact) mass is 251 g/mol. The molecule has 0 saturated carbocycles. The summed E-state index contributed by atoms with van der Waals surface area (Å²) in [6, 6.07) is 0. The lowest BCUT2D eigenvalue weighted by Crippen LogP contribution is -2.06. The second kappa shape index (κ2) is 6.36. The summed E-state index contributed by atoms with van der Waals surface area (Å²) in [5.74, 6) is 0. The van der Waals surface area contributed by atoms with E-state index >= 15 is 0 Å². The molecule has 2 rings (SSSR count). The second-order valence-corrected chi connectivity index (χ2v) is 4.62. The van der Waals surface area contributed by atoms with Crippen LogP contribution in [0.4, 0.5) is 5.13 Å². The summed E-state index contributed by atoms with van der Waals surface area (Å²) < 4.78 is 2.07.